The van der Waals surface area contributed by atoms with Gasteiger partial charge >= 0.3 is 0 Å². The van der Waals surface area contributed by atoms with Crippen LogP contribution in [0.2, 0.25) is 0 Å². The van der Waals surface area contributed by atoms with Crippen LogP contribution in [-0.4, -0.2) is 0 Å². The van der Waals surface area contributed by atoms with Crippen molar-refractivity contribution in [3.8, 4) is 44.5 Å². The van der Waals surface area contributed by atoms with E-state index >= 15 is 0 Å². The first kappa shape index (κ1) is 45.0. The zero-order valence-electron chi connectivity index (χ0n) is 42.4. The van der Waals surface area contributed by atoms with Crippen molar-refractivity contribution < 1.29 is 8.83 Å². The maximum absolute atomic E-state index is 6.73. The summed E-state index contributed by atoms with van der Waals surface area (Å²) >= 11 is 0. The molecule has 0 aliphatic heterocycles. The molecule has 0 spiro atoms. The van der Waals surface area contributed by atoms with Gasteiger partial charge in [0.05, 0.1) is 0 Å². The van der Waals surface area contributed by atoms with E-state index in [9.17, 15) is 0 Å². The molecule has 0 bridgehead atoms. The Hall–Kier alpha value is -10.4. The zero-order chi connectivity index (χ0) is 51.5. The fraction of sp³-hybridized carbons (Fsp3) is 0. The Labute approximate surface area is 451 Å². The number of nitrogens with zero attached hydrogens (tertiary/aromatic N) is 2. The van der Waals surface area contributed by atoms with Crippen molar-refractivity contribution in [1.82, 2.24) is 0 Å². The number of anilines is 6. The van der Waals surface area contributed by atoms with Gasteiger partial charge in [0.25, 0.3) is 0 Å². The third kappa shape index (κ3) is 8.12. The van der Waals surface area contributed by atoms with Crippen LogP contribution in [0.5, 0.6) is 0 Å². The van der Waals surface area contributed by atoms with Gasteiger partial charge in [0.2, 0.25) is 0 Å². The predicted molar refractivity (Wildman–Crippen MR) is 327 cm³/mol. The van der Waals surface area contributed by atoms with E-state index in [2.05, 4.69) is 301 Å². The van der Waals surface area contributed by atoms with E-state index in [-0.39, 0.29) is 0 Å². The highest BCUT2D eigenvalue weighted by Gasteiger charge is 2.20. The van der Waals surface area contributed by atoms with Gasteiger partial charge in [-0.3, -0.25) is 0 Å². The van der Waals surface area contributed by atoms with Crippen LogP contribution in [0.3, 0.4) is 0 Å². The summed E-state index contributed by atoms with van der Waals surface area (Å²) in [4.78, 5) is 4.67. The molecule has 2 aromatic heterocycles. The molecule has 0 radical (unpaired) electrons. The molecule has 4 heteroatoms. The minimum absolute atomic E-state index is 0.796. The summed E-state index contributed by atoms with van der Waals surface area (Å²) in [5.41, 5.74) is 19.2. The zero-order valence-corrected chi connectivity index (χ0v) is 42.4. The van der Waals surface area contributed by atoms with Crippen LogP contribution < -0.4 is 9.80 Å². The fourth-order valence-electron chi connectivity index (χ4n) is 11.4. The van der Waals surface area contributed by atoms with Gasteiger partial charge in [0.15, 0.2) is 0 Å². The number of fused-ring (bicyclic) bond motifs is 8. The Morgan fingerprint density at radius 3 is 0.744 bits per heavy atom. The van der Waals surface area contributed by atoms with Gasteiger partial charge in [-0.05, 0) is 169 Å². The molecule has 15 rings (SSSR count). The highest BCUT2D eigenvalue weighted by atomic mass is 16.3. The monoisotopic (exact) mass is 996 g/mol. The molecule has 0 fully saturated rings. The summed E-state index contributed by atoms with van der Waals surface area (Å²) in [5.74, 6) is 0. The molecule has 4 nitrogen and oxygen atoms in total. The Bertz CT molecular complexity index is 4200. The van der Waals surface area contributed by atoms with E-state index in [4.69, 9.17) is 8.83 Å². The molecular weight excluding hydrogens is 949 g/mol. The summed E-state index contributed by atoms with van der Waals surface area (Å²) in [6.07, 6.45) is 0. The van der Waals surface area contributed by atoms with Crippen LogP contribution in [0.1, 0.15) is 0 Å². The van der Waals surface area contributed by atoms with Gasteiger partial charge in [0.1, 0.15) is 22.3 Å². The van der Waals surface area contributed by atoms with Crippen LogP contribution in [0.25, 0.3) is 110 Å². The van der Waals surface area contributed by atoms with E-state index in [0.29, 0.717) is 0 Å². The second-order valence-electron chi connectivity index (χ2n) is 20.1. The number of furan rings is 2. The fourth-order valence-corrected chi connectivity index (χ4v) is 11.4. The maximum atomic E-state index is 6.73. The van der Waals surface area contributed by atoms with Crippen molar-refractivity contribution >= 4 is 99.5 Å². The molecule has 0 atom stereocenters. The van der Waals surface area contributed by atoms with Gasteiger partial charge in [0, 0.05) is 61.7 Å². The van der Waals surface area contributed by atoms with E-state index in [1.54, 1.807) is 0 Å². The second-order valence-corrected chi connectivity index (χ2v) is 20.1. The first-order chi connectivity index (χ1) is 38.6. The highest BCUT2D eigenvalue weighted by molar-refractivity contribution is 6.18. The smallest absolute Gasteiger partial charge is 0.139 e. The lowest BCUT2D eigenvalue weighted by molar-refractivity contribution is 0.656. The average Bonchev–Trinajstić information content (AvgIpc) is 4.17. The quantitative estimate of drug-likeness (QED) is 0.137. The molecule has 0 saturated heterocycles. The third-order valence-corrected chi connectivity index (χ3v) is 15.4. The molecule has 78 heavy (non-hydrogen) atoms. The van der Waals surface area contributed by atoms with Crippen molar-refractivity contribution in [2.45, 2.75) is 0 Å². The lowest BCUT2D eigenvalue weighted by atomic mass is 10.0. The Kier molecular flexibility index (Phi) is 10.8. The standard InChI is InChI=1S/C74H48N2O2/c1-5-13-49(14-6-1)53-21-31-61(32-22-53)75(62-33-23-54(24-34-62)50-15-7-2-8-16-50)65-39-29-57-43-67-69-47-70-68-44-58-30-40-66(42-60(58)46-72(68)78-74(70)48-73(69)77-71(67)45-59(57)41-65)76(63-35-25-55(26-36-63)51-17-9-3-10-18-51)64-37-27-56(28-38-64)52-19-11-4-12-20-52/h1-48H. The molecule has 15 aromatic rings. The van der Waals surface area contributed by atoms with Crippen LogP contribution >= 0.6 is 0 Å². The summed E-state index contributed by atoms with van der Waals surface area (Å²) in [6, 6.07) is 104. The van der Waals surface area contributed by atoms with Crippen molar-refractivity contribution in [1.29, 1.82) is 0 Å². The van der Waals surface area contributed by atoms with E-state index in [0.717, 1.165) is 99.5 Å². The predicted octanol–water partition coefficient (Wildman–Crippen LogP) is 21.4. The highest BCUT2D eigenvalue weighted by Crippen LogP contribution is 2.44. The topological polar surface area (TPSA) is 32.8 Å². The van der Waals surface area contributed by atoms with Crippen molar-refractivity contribution in [3.05, 3.63) is 291 Å². The van der Waals surface area contributed by atoms with Crippen LogP contribution in [-0.2, 0) is 0 Å². The number of hydrogen-bond acceptors (Lipinski definition) is 4. The summed E-state index contributed by atoms with van der Waals surface area (Å²) in [5, 5.41) is 8.74. The summed E-state index contributed by atoms with van der Waals surface area (Å²) in [7, 11) is 0. The summed E-state index contributed by atoms with van der Waals surface area (Å²) < 4.78 is 13.5. The van der Waals surface area contributed by atoms with Crippen LogP contribution in [0, 0.1) is 0 Å². The molecule has 0 aliphatic rings. The van der Waals surface area contributed by atoms with E-state index in [1.165, 1.54) is 44.5 Å². The number of hydrogen-bond donors (Lipinski definition) is 0. The Balaban J connectivity index is 0.785. The molecule has 13 aromatic carbocycles. The lowest BCUT2D eigenvalue weighted by Crippen LogP contribution is -2.09. The molecule has 0 saturated carbocycles. The normalized spacial score (nSPS) is 11.6. The van der Waals surface area contributed by atoms with Gasteiger partial charge < -0.3 is 18.6 Å². The van der Waals surface area contributed by atoms with Crippen molar-refractivity contribution in [2.75, 3.05) is 9.80 Å². The molecule has 0 aliphatic carbocycles. The minimum Gasteiger partial charge on any atom is -0.456 e. The van der Waals surface area contributed by atoms with Crippen LogP contribution in [0.4, 0.5) is 34.1 Å². The maximum Gasteiger partial charge on any atom is 0.139 e. The van der Waals surface area contributed by atoms with Gasteiger partial charge in [-0.15, -0.1) is 0 Å². The molecule has 0 amide bonds. The van der Waals surface area contributed by atoms with E-state index in [1.807, 2.05) is 0 Å². The molecule has 0 unspecified atom stereocenters. The third-order valence-electron chi connectivity index (χ3n) is 15.4. The summed E-state index contributed by atoms with van der Waals surface area (Å²) in [6.45, 7) is 0. The minimum atomic E-state index is 0.796. The van der Waals surface area contributed by atoms with Crippen LogP contribution in [0.15, 0.2) is 300 Å². The molecular formula is C74H48N2O2. The average molecular weight is 997 g/mol. The lowest BCUT2D eigenvalue weighted by Gasteiger charge is -2.26. The number of benzene rings is 13. The van der Waals surface area contributed by atoms with Gasteiger partial charge in [-0.25, -0.2) is 0 Å². The largest absolute Gasteiger partial charge is 0.456 e. The second kappa shape index (κ2) is 18.7. The van der Waals surface area contributed by atoms with Crippen molar-refractivity contribution in [2.24, 2.45) is 0 Å². The van der Waals surface area contributed by atoms with Gasteiger partial charge in [-0.2, -0.15) is 0 Å². The van der Waals surface area contributed by atoms with Gasteiger partial charge in [-0.1, -0.05) is 182 Å². The van der Waals surface area contributed by atoms with Crippen molar-refractivity contribution in [3.63, 3.8) is 0 Å². The SMILES string of the molecule is c1ccc(-c2ccc(N(c3ccc(-c4ccccc4)cc3)c3ccc4cc5c(cc4c3)oc3cc4oc6cc7cc(N(c8ccc(-c9ccccc9)cc8)c8ccc(-c9ccccc9)cc8)ccc7cc6c4cc35)cc2)cc1. The Morgan fingerprint density at radius 2 is 0.436 bits per heavy atom. The molecule has 0 N–H and O–H groups in total. The Morgan fingerprint density at radius 1 is 0.179 bits per heavy atom. The first-order valence-electron chi connectivity index (χ1n) is 26.5. The first-order valence-corrected chi connectivity index (χ1v) is 26.5. The number of rotatable bonds is 10. The molecule has 2 heterocycles. The van der Waals surface area contributed by atoms with E-state index < -0.39 is 0 Å². The molecule has 366 valence electrons.